The molecule has 1 fully saturated rings. The second kappa shape index (κ2) is 6.14. The van der Waals surface area contributed by atoms with E-state index in [1.165, 1.54) is 0 Å². The lowest BCUT2D eigenvalue weighted by Gasteiger charge is -2.37. The maximum Gasteiger partial charge on any atom is 0.244 e. The molecule has 2 unspecified atom stereocenters. The predicted molar refractivity (Wildman–Crippen MR) is 71.4 cm³/mol. The Bertz CT molecular complexity index is 424. The van der Waals surface area contributed by atoms with Gasteiger partial charge in [-0.15, -0.1) is 0 Å². The average molecular weight is 264 g/mol. The molecule has 0 spiro atoms. The van der Waals surface area contributed by atoms with Gasteiger partial charge in [0.1, 0.15) is 6.04 Å². The summed E-state index contributed by atoms with van der Waals surface area (Å²) in [5.41, 5.74) is 6.81. The number of benzene rings is 1. The number of hydrogen-bond acceptors (Lipinski definition) is 4. The van der Waals surface area contributed by atoms with Gasteiger partial charge in [0, 0.05) is 13.1 Å². The molecule has 5 heteroatoms. The highest BCUT2D eigenvalue weighted by molar-refractivity contribution is 5.83. The Morgan fingerprint density at radius 1 is 1.47 bits per heavy atom. The third kappa shape index (κ3) is 3.32. The summed E-state index contributed by atoms with van der Waals surface area (Å²) < 4.78 is 5.52. The molecule has 3 N–H and O–H groups in total. The molecule has 0 bridgehead atoms. The summed E-state index contributed by atoms with van der Waals surface area (Å²) in [4.78, 5) is 14.0. The first kappa shape index (κ1) is 14.0. The van der Waals surface area contributed by atoms with E-state index in [9.17, 15) is 4.79 Å². The van der Waals surface area contributed by atoms with Gasteiger partial charge in [0.2, 0.25) is 5.91 Å². The molecule has 0 aromatic heterocycles. The first-order valence-electron chi connectivity index (χ1n) is 6.47. The van der Waals surface area contributed by atoms with Crippen LogP contribution in [0.25, 0.3) is 0 Å². The summed E-state index contributed by atoms with van der Waals surface area (Å²) in [5.74, 6) is -0.125. The van der Waals surface area contributed by atoms with Crippen molar-refractivity contribution < 1.29 is 14.6 Å². The number of aliphatic hydroxyl groups is 1. The lowest BCUT2D eigenvalue weighted by atomic mass is 10.1. The summed E-state index contributed by atoms with van der Waals surface area (Å²) in [6.45, 7) is 2.70. The van der Waals surface area contributed by atoms with Gasteiger partial charge in [-0.2, -0.15) is 0 Å². The number of morpholine rings is 1. The Morgan fingerprint density at radius 3 is 2.79 bits per heavy atom. The van der Waals surface area contributed by atoms with Crippen LogP contribution in [0.1, 0.15) is 18.5 Å². The van der Waals surface area contributed by atoms with Crippen LogP contribution in [0.5, 0.6) is 0 Å². The third-order valence-electron chi connectivity index (χ3n) is 3.27. The lowest BCUT2D eigenvalue weighted by molar-refractivity contribution is -0.148. The van der Waals surface area contributed by atoms with Gasteiger partial charge < -0.3 is 20.5 Å². The number of carbonyl (C=O) groups excluding carboxylic acids is 1. The van der Waals surface area contributed by atoms with Crippen molar-refractivity contribution in [1.29, 1.82) is 0 Å². The summed E-state index contributed by atoms with van der Waals surface area (Å²) in [7, 11) is 0. The highest BCUT2D eigenvalue weighted by Gasteiger charge is 2.30. The summed E-state index contributed by atoms with van der Waals surface area (Å²) in [5, 5.41) is 9.17. The number of nitrogens with zero attached hydrogens (tertiary/aromatic N) is 1. The first-order valence-corrected chi connectivity index (χ1v) is 6.47. The smallest absolute Gasteiger partial charge is 0.244 e. The van der Waals surface area contributed by atoms with Gasteiger partial charge in [-0.3, -0.25) is 4.79 Å². The molecule has 0 saturated carbocycles. The second-order valence-corrected chi connectivity index (χ2v) is 4.88. The fraction of sp³-hybridized carbons (Fsp3) is 0.500. The molecular weight excluding hydrogens is 244 g/mol. The van der Waals surface area contributed by atoms with Gasteiger partial charge >= 0.3 is 0 Å². The Kier molecular flexibility index (Phi) is 4.52. The second-order valence-electron chi connectivity index (χ2n) is 4.88. The molecule has 3 atom stereocenters. The highest BCUT2D eigenvalue weighted by atomic mass is 16.5. The molecule has 1 heterocycles. The molecule has 1 aliphatic heterocycles. The van der Waals surface area contributed by atoms with Crippen LogP contribution >= 0.6 is 0 Å². The first-order chi connectivity index (χ1) is 9.11. The van der Waals surface area contributed by atoms with Crippen molar-refractivity contribution in [3.05, 3.63) is 35.9 Å². The van der Waals surface area contributed by atoms with E-state index in [-0.39, 0.29) is 24.7 Å². The topological polar surface area (TPSA) is 75.8 Å². The van der Waals surface area contributed by atoms with E-state index >= 15 is 0 Å². The molecule has 1 aliphatic rings. The molecule has 5 nitrogen and oxygen atoms in total. The number of carbonyl (C=O) groups is 1. The standard InChI is InChI=1S/C14H20N2O3/c1-10-7-16(8-12(9-17)19-10)14(18)13(15)11-5-3-2-4-6-11/h2-6,10,12-13,17H,7-9,15H2,1H3/t10?,12?,13-/m1/s1. The van der Waals surface area contributed by atoms with E-state index in [4.69, 9.17) is 15.6 Å². The van der Waals surface area contributed by atoms with Crippen molar-refractivity contribution in [2.45, 2.75) is 25.2 Å². The van der Waals surface area contributed by atoms with Crippen molar-refractivity contribution in [3.63, 3.8) is 0 Å². The molecular formula is C14H20N2O3. The van der Waals surface area contributed by atoms with Crippen LogP contribution < -0.4 is 5.73 Å². The van der Waals surface area contributed by atoms with Crippen LogP contribution in [0.4, 0.5) is 0 Å². The molecule has 19 heavy (non-hydrogen) atoms. The molecule has 0 aliphatic carbocycles. The van der Waals surface area contributed by atoms with Gasteiger partial charge in [-0.25, -0.2) is 0 Å². The quantitative estimate of drug-likeness (QED) is 0.823. The number of amides is 1. The molecule has 1 aromatic carbocycles. The third-order valence-corrected chi connectivity index (χ3v) is 3.27. The van der Waals surface area contributed by atoms with Gasteiger partial charge in [0.15, 0.2) is 0 Å². The Hall–Kier alpha value is -1.43. The van der Waals surface area contributed by atoms with E-state index in [0.717, 1.165) is 5.56 Å². The Morgan fingerprint density at radius 2 is 2.16 bits per heavy atom. The lowest BCUT2D eigenvalue weighted by Crippen LogP contribution is -2.52. The minimum absolute atomic E-state index is 0.0853. The number of rotatable bonds is 3. The van der Waals surface area contributed by atoms with Gasteiger partial charge in [0.25, 0.3) is 0 Å². The van der Waals surface area contributed by atoms with Crippen LogP contribution in [-0.4, -0.2) is 47.8 Å². The van der Waals surface area contributed by atoms with Gasteiger partial charge in [0.05, 0.1) is 18.8 Å². The van der Waals surface area contributed by atoms with Crippen molar-refractivity contribution in [2.24, 2.45) is 5.73 Å². The minimum Gasteiger partial charge on any atom is -0.394 e. The normalized spacial score (nSPS) is 25.1. The van der Waals surface area contributed by atoms with Crippen LogP contribution in [-0.2, 0) is 9.53 Å². The predicted octanol–water partition coefficient (Wildman–Crippen LogP) is 0.295. The van der Waals surface area contributed by atoms with E-state index in [0.29, 0.717) is 13.1 Å². The molecule has 1 amide bonds. The van der Waals surface area contributed by atoms with E-state index < -0.39 is 6.04 Å². The van der Waals surface area contributed by atoms with Crippen LogP contribution in [0.15, 0.2) is 30.3 Å². The fourth-order valence-corrected chi connectivity index (χ4v) is 2.33. The van der Waals surface area contributed by atoms with Crippen molar-refractivity contribution in [2.75, 3.05) is 19.7 Å². The summed E-state index contributed by atoms with van der Waals surface area (Å²) in [6.07, 6.45) is -0.409. The number of aliphatic hydroxyl groups excluding tert-OH is 1. The Balaban J connectivity index is 2.06. The monoisotopic (exact) mass is 264 g/mol. The van der Waals surface area contributed by atoms with Crippen LogP contribution in [0.3, 0.4) is 0 Å². The fourth-order valence-electron chi connectivity index (χ4n) is 2.33. The SMILES string of the molecule is CC1CN(C(=O)[C@H](N)c2ccccc2)CC(CO)O1. The zero-order valence-electron chi connectivity index (χ0n) is 11.0. The number of ether oxygens (including phenoxy) is 1. The maximum absolute atomic E-state index is 12.4. The largest absolute Gasteiger partial charge is 0.394 e. The zero-order valence-corrected chi connectivity index (χ0v) is 11.0. The number of nitrogens with two attached hydrogens (primary N) is 1. The molecule has 2 rings (SSSR count). The van der Waals surface area contributed by atoms with E-state index in [1.807, 2.05) is 37.3 Å². The Labute approximate surface area is 113 Å². The molecule has 104 valence electrons. The minimum atomic E-state index is -0.661. The molecule has 0 radical (unpaired) electrons. The van der Waals surface area contributed by atoms with Gasteiger partial charge in [-0.05, 0) is 12.5 Å². The maximum atomic E-state index is 12.4. The van der Waals surface area contributed by atoms with Crippen molar-refractivity contribution in [1.82, 2.24) is 4.90 Å². The number of hydrogen-bond donors (Lipinski definition) is 2. The van der Waals surface area contributed by atoms with E-state index in [1.54, 1.807) is 4.90 Å². The summed E-state index contributed by atoms with van der Waals surface area (Å²) in [6, 6.07) is 8.64. The zero-order chi connectivity index (χ0) is 13.8. The molecule has 1 aromatic rings. The van der Waals surface area contributed by atoms with Crippen LogP contribution in [0, 0.1) is 0 Å². The summed E-state index contributed by atoms with van der Waals surface area (Å²) >= 11 is 0. The van der Waals surface area contributed by atoms with Crippen molar-refractivity contribution >= 4 is 5.91 Å². The molecule has 1 saturated heterocycles. The average Bonchev–Trinajstić information content (AvgIpc) is 2.46. The van der Waals surface area contributed by atoms with Gasteiger partial charge in [-0.1, -0.05) is 30.3 Å². The van der Waals surface area contributed by atoms with Crippen molar-refractivity contribution in [3.8, 4) is 0 Å². The van der Waals surface area contributed by atoms with E-state index in [2.05, 4.69) is 0 Å². The highest BCUT2D eigenvalue weighted by Crippen LogP contribution is 2.17. The van der Waals surface area contributed by atoms with Crippen LogP contribution in [0.2, 0.25) is 0 Å².